The van der Waals surface area contributed by atoms with E-state index in [2.05, 4.69) is 20.6 Å². The highest BCUT2D eigenvalue weighted by molar-refractivity contribution is 5.90. The van der Waals surface area contributed by atoms with E-state index < -0.39 is 0 Å². The van der Waals surface area contributed by atoms with E-state index in [0.717, 1.165) is 17.7 Å². The van der Waals surface area contributed by atoms with Crippen LogP contribution in [0.1, 0.15) is 31.0 Å². The monoisotopic (exact) mass is 263 g/mol. The summed E-state index contributed by atoms with van der Waals surface area (Å²) in [6.07, 6.45) is 4.99. The van der Waals surface area contributed by atoms with E-state index in [0.29, 0.717) is 25.3 Å². The number of carbonyl (C=O) groups is 1. The molecule has 0 aromatic carbocycles. The second-order valence-corrected chi connectivity index (χ2v) is 4.24. The topological polar surface area (TPSA) is 85.8 Å². The van der Waals surface area contributed by atoms with E-state index >= 15 is 0 Å². The zero-order valence-electron chi connectivity index (χ0n) is 11.1. The largest absolute Gasteiger partial charge is 0.338 e. The molecule has 0 aliphatic rings. The van der Waals surface area contributed by atoms with Gasteiger partial charge in [0.15, 0.2) is 0 Å². The molecule has 0 spiro atoms. The third-order valence-corrected chi connectivity index (χ3v) is 2.85. The lowest BCUT2D eigenvalue weighted by Crippen LogP contribution is -2.13. The number of nitrogens with one attached hydrogen (secondary N) is 1. The van der Waals surface area contributed by atoms with Crippen molar-refractivity contribution in [2.75, 3.05) is 5.32 Å². The molecule has 2 rings (SSSR count). The molecule has 102 valence electrons. The summed E-state index contributed by atoms with van der Waals surface area (Å²) in [5.41, 5.74) is 1.77. The van der Waals surface area contributed by atoms with Gasteiger partial charge in [0.25, 0.3) is 0 Å². The van der Waals surface area contributed by atoms with Crippen LogP contribution in [-0.2, 0) is 17.8 Å². The first-order valence-electron chi connectivity index (χ1n) is 6.28. The summed E-state index contributed by atoms with van der Waals surface area (Å²) in [5, 5.41) is 10.6. The van der Waals surface area contributed by atoms with Crippen LogP contribution in [0.2, 0.25) is 0 Å². The maximum Gasteiger partial charge on any atom is 0.234 e. The van der Waals surface area contributed by atoms with Gasteiger partial charge < -0.3 is 4.52 Å². The SMILES string of the molecule is CCc1c(C)noc1NC(=O)CCCn1cncn1. The van der Waals surface area contributed by atoms with Crippen LogP contribution in [0.3, 0.4) is 0 Å². The van der Waals surface area contributed by atoms with E-state index in [1.807, 2.05) is 13.8 Å². The van der Waals surface area contributed by atoms with Crippen molar-refractivity contribution in [2.45, 2.75) is 39.7 Å². The Kier molecular flexibility index (Phi) is 4.27. The first kappa shape index (κ1) is 13.3. The number of aromatic nitrogens is 4. The van der Waals surface area contributed by atoms with Crippen LogP contribution in [0.4, 0.5) is 5.88 Å². The second kappa shape index (κ2) is 6.12. The molecule has 2 heterocycles. The molecule has 19 heavy (non-hydrogen) atoms. The first-order chi connectivity index (χ1) is 9.20. The molecule has 1 amide bonds. The van der Waals surface area contributed by atoms with Gasteiger partial charge in [0.1, 0.15) is 12.7 Å². The molecule has 0 saturated heterocycles. The van der Waals surface area contributed by atoms with Crippen LogP contribution in [0.25, 0.3) is 0 Å². The van der Waals surface area contributed by atoms with Gasteiger partial charge in [0.05, 0.1) is 5.69 Å². The van der Waals surface area contributed by atoms with Gasteiger partial charge in [-0.15, -0.1) is 0 Å². The number of rotatable bonds is 6. The molecular weight excluding hydrogens is 246 g/mol. The van der Waals surface area contributed by atoms with Gasteiger partial charge in [-0.05, 0) is 19.8 Å². The fourth-order valence-corrected chi connectivity index (χ4v) is 1.84. The summed E-state index contributed by atoms with van der Waals surface area (Å²) in [5.74, 6) is 0.386. The Bertz CT molecular complexity index is 532. The Morgan fingerprint density at radius 1 is 1.53 bits per heavy atom. The molecule has 0 saturated carbocycles. The van der Waals surface area contributed by atoms with Gasteiger partial charge >= 0.3 is 0 Å². The fraction of sp³-hybridized carbons (Fsp3) is 0.500. The predicted octanol–water partition coefficient (Wildman–Crippen LogP) is 1.56. The summed E-state index contributed by atoms with van der Waals surface area (Å²) < 4.78 is 6.80. The Balaban J connectivity index is 1.80. The summed E-state index contributed by atoms with van der Waals surface area (Å²) in [6, 6.07) is 0. The normalized spacial score (nSPS) is 10.6. The molecule has 7 nitrogen and oxygen atoms in total. The predicted molar refractivity (Wildman–Crippen MR) is 68.5 cm³/mol. The minimum absolute atomic E-state index is 0.0778. The second-order valence-electron chi connectivity index (χ2n) is 4.24. The van der Waals surface area contributed by atoms with E-state index in [1.165, 1.54) is 6.33 Å². The highest BCUT2D eigenvalue weighted by Gasteiger charge is 2.13. The molecule has 0 atom stereocenters. The van der Waals surface area contributed by atoms with Crippen molar-refractivity contribution in [3.8, 4) is 0 Å². The quantitative estimate of drug-likeness (QED) is 0.854. The standard InChI is InChI=1S/C12H17N5O2/c1-3-10-9(2)16-19-12(10)15-11(18)5-4-6-17-8-13-7-14-17/h7-8H,3-6H2,1-2H3,(H,15,18). The Hall–Kier alpha value is -2.18. The van der Waals surface area contributed by atoms with Gasteiger partial charge in [-0.1, -0.05) is 12.1 Å². The molecule has 0 unspecified atom stereocenters. The molecule has 0 aliphatic heterocycles. The molecule has 0 bridgehead atoms. The van der Waals surface area contributed by atoms with Crippen molar-refractivity contribution in [2.24, 2.45) is 0 Å². The highest BCUT2D eigenvalue weighted by Crippen LogP contribution is 2.19. The van der Waals surface area contributed by atoms with Crippen LogP contribution >= 0.6 is 0 Å². The van der Waals surface area contributed by atoms with Gasteiger partial charge in [-0.25, -0.2) is 4.98 Å². The minimum atomic E-state index is -0.0778. The lowest BCUT2D eigenvalue weighted by atomic mass is 10.2. The van der Waals surface area contributed by atoms with E-state index in [1.54, 1.807) is 11.0 Å². The van der Waals surface area contributed by atoms with Crippen LogP contribution in [-0.4, -0.2) is 25.8 Å². The Labute approximate surface area is 111 Å². The minimum Gasteiger partial charge on any atom is -0.338 e. The average Bonchev–Trinajstić information content (AvgIpc) is 3.00. The van der Waals surface area contributed by atoms with Gasteiger partial charge in [-0.2, -0.15) is 5.10 Å². The summed E-state index contributed by atoms with van der Waals surface area (Å²) in [7, 11) is 0. The fourth-order valence-electron chi connectivity index (χ4n) is 1.84. The Morgan fingerprint density at radius 2 is 2.37 bits per heavy atom. The lowest BCUT2D eigenvalue weighted by molar-refractivity contribution is -0.116. The number of anilines is 1. The van der Waals surface area contributed by atoms with Crippen molar-refractivity contribution >= 4 is 11.8 Å². The number of nitrogens with zero attached hydrogens (tertiary/aromatic N) is 4. The lowest BCUT2D eigenvalue weighted by Gasteiger charge is -2.03. The third kappa shape index (κ3) is 3.40. The maximum atomic E-state index is 11.8. The molecule has 7 heteroatoms. The zero-order chi connectivity index (χ0) is 13.7. The van der Waals surface area contributed by atoms with Gasteiger partial charge in [0, 0.05) is 18.5 Å². The molecule has 0 fully saturated rings. The van der Waals surface area contributed by atoms with E-state index in [4.69, 9.17) is 4.52 Å². The maximum absolute atomic E-state index is 11.8. The zero-order valence-corrected chi connectivity index (χ0v) is 11.1. The molecule has 0 aliphatic carbocycles. The van der Waals surface area contributed by atoms with Gasteiger partial charge in [-0.3, -0.25) is 14.8 Å². The molecule has 0 radical (unpaired) electrons. The number of aryl methyl sites for hydroxylation is 2. The van der Waals surface area contributed by atoms with Crippen LogP contribution in [0, 0.1) is 6.92 Å². The molecule has 2 aromatic rings. The van der Waals surface area contributed by atoms with Crippen molar-refractivity contribution in [1.82, 2.24) is 19.9 Å². The number of amides is 1. The number of hydrogen-bond donors (Lipinski definition) is 1. The van der Waals surface area contributed by atoms with Crippen molar-refractivity contribution < 1.29 is 9.32 Å². The van der Waals surface area contributed by atoms with Crippen molar-refractivity contribution in [1.29, 1.82) is 0 Å². The van der Waals surface area contributed by atoms with Crippen LogP contribution in [0.15, 0.2) is 17.2 Å². The van der Waals surface area contributed by atoms with Crippen LogP contribution in [0.5, 0.6) is 0 Å². The summed E-state index contributed by atoms with van der Waals surface area (Å²) in [6.45, 7) is 4.53. The number of carbonyl (C=O) groups excluding carboxylic acids is 1. The first-order valence-corrected chi connectivity index (χ1v) is 6.28. The number of hydrogen-bond acceptors (Lipinski definition) is 5. The molecule has 2 aromatic heterocycles. The van der Waals surface area contributed by atoms with Crippen molar-refractivity contribution in [3.63, 3.8) is 0 Å². The third-order valence-electron chi connectivity index (χ3n) is 2.85. The van der Waals surface area contributed by atoms with E-state index in [-0.39, 0.29) is 5.91 Å². The van der Waals surface area contributed by atoms with Crippen molar-refractivity contribution in [3.05, 3.63) is 23.9 Å². The van der Waals surface area contributed by atoms with Crippen LogP contribution < -0.4 is 5.32 Å². The molecular formula is C12H17N5O2. The van der Waals surface area contributed by atoms with E-state index in [9.17, 15) is 4.79 Å². The summed E-state index contributed by atoms with van der Waals surface area (Å²) >= 11 is 0. The van der Waals surface area contributed by atoms with Gasteiger partial charge in [0.2, 0.25) is 11.8 Å². The summed E-state index contributed by atoms with van der Waals surface area (Å²) in [4.78, 5) is 15.6. The molecule has 1 N–H and O–H groups in total. The average molecular weight is 263 g/mol. The smallest absolute Gasteiger partial charge is 0.234 e. The highest BCUT2D eigenvalue weighted by atomic mass is 16.5. The Morgan fingerprint density at radius 3 is 3.05 bits per heavy atom.